The van der Waals surface area contributed by atoms with E-state index in [0.29, 0.717) is 12.0 Å². The minimum absolute atomic E-state index is 0.669. The average Bonchev–Trinajstić information content (AvgIpc) is 2.78. The van der Waals surface area contributed by atoms with Gasteiger partial charge in [0.1, 0.15) is 0 Å². The summed E-state index contributed by atoms with van der Waals surface area (Å²) in [6, 6.07) is 0.669. The van der Waals surface area contributed by atoms with Gasteiger partial charge in [-0.05, 0) is 38.7 Å². The van der Waals surface area contributed by atoms with E-state index in [1.807, 2.05) is 13.8 Å². The smallest absolute Gasteiger partial charge is 0.0664 e. The lowest BCUT2D eigenvalue weighted by Gasteiger charge is -2.21. The first-order chi connectivity index (χ1) is 9.21. The van der Waals surface area contributed by atoms with Crippen molar-refractivity contribution < 1.29 is 4.18 Å². The number of allylic oxidation sites excluding steroid dienone is 2. The van der Waals surface area contributed by atoms with Crippen molar-refractivity contribution in [3.8, 4) is 0 Å². The molecule has 0 N–H and O–H groups in total. The maximum Gasteiger partial charge on any atom is 0.0664 e. The van der Waals surface area contributed by atoms with Crippen molar-refractivity contribution in [1.29, 1.82) is 0 Å². The molecule has 2 atom stereocenters. The fourth-order valence-corrected chi connectivity index (χ4v) is 3.05. The van der Waals surface area contributed by atoms with Gasteiger partial charge >= 0.3 is 0 Å². The van der Waals surface area contributed by atoms with Crippen LogP contribution in [-0.2, 0) is 4.18 Å². The zero-order valence-electron chi connectivity index (χ0n) is 12.9. The number of hydrogen-bond acceptors (Lipinski definition) is 3. The van der Waals surface area contributed by atoms with E-state index in [2.05, 4.69) is 65.1 Å². The first-order valence-corrected chi connectivity index (χ1v) is 10.4. The molecule has 1 aliphatic heterocycles. The number of rotatable bonds is 6. The van der Waals surface area contributed by atoms with Crippen molar-refractivity contribution >= 4 is 30.4 Å². The van der Waals surface area contributed by atoms with Gasteiger partial charge < -0.3 is 4.18 Å². The van der Waals surface area contributed by atoms with E-state index < -0.39 is 0 Å². The Labute approximate surface area is 135 Å². The molecule has 1 rings (SSSR count). The van der Waals surface area contributed by atoms with Gasteiger partial charge in [0.2, 0.25) is 0 Å². The van der Waals surface area contributed by atoms with Crippen molar-refractivity contribution in [2.75, 3.05) is 19.7 Å². The highest BCUT2D eigenvalue weighted by atomic mass is 127. The van der Waals surface area contributed by atoms with E-state index in [-0.39, 0.29) is 0 Å². The first-order valence-electron chi connectivity index (χ1n) is 7.13. The largest absolute Gasteiger partial charge is 0.305 e. The second-order valence-electron chi connectivity index (χ2n) is 4.59. The van der Waals surface area contributed by atoms with Crippen molar-refractivity contribution in [2.45, 2.75) is 47.1 Å². The summed E-state index contributed by atoms with van der Waals surface area (Å²) in [5, 5.41) is 0. The summed E-state index contributed by atoms with van der Waals surface area (Å²) in [7, 11) is 1.45. The number of likely N-dealkylation sites (tertiary alicyclic amines) is 1. The molecule has 0 aromatic heterocycles. The number of halogens is 1. The molecule has 112 valence electrons. The molecular weight excluding hydrogens is 369 g/mol. The third-order valence-electron chi connectivity index (χ3n) is 3.28. The monoisotopic (exact) mass is 397 g/mol. The Morgan fingerprint density at radius 2 is 2.11 bits per heavy atom. The van der Waals surface area contributed by atoms with E-state index >= 15 is 0 Å². The van der Waals surface area contributed by atoms with E-state index in [0.717, 1.165) is 19.7 Å². The summed E-state index contributed by atoms with van der Waals surface area (Å²) < 4.78 is 5.44. The predicted molar refractivity (Wildman–Crippen MR) is 96.6 cm³/mol. The van der Waals surface area contributed by atoms with E-state index in [1.54, 1.807) is 0 Å². The van der Waals surface area contributed by atoms with Crippen molar-refractivity contribution in [3.05, 3.63) is 23.8 Å². The van der Waals surface area contributed by atoms with Crippen LogP contribution in [-0.4, -0.2) is 30.6 Å². The standard InChI is InChI=1S/C13H22INOS.C2H6/c1-4-6-12(5-2)8-15-9-13(7-11(15)3)10-16-17-14;1-2/h4-6,11,13H,7-10H2,1-3H3;1-2H3/b6-4-,12-5+;. The number of nitrogens with zero attached hydrogens (tertiary/aromatic N) is 1. The maximum absolute atomic E-state index is 5.44. The lowest BCUT2D eigenvalue weighted by atomic mass is 10.1. The molecule has 1 fully saturated rings. The minimum atomic E-state index is 0.669. The Morgan fingerprint density at radius 3 is 2.63 bits per heavy atom. The molecule has 0 amide bonds. The Hall–Kier alpha value is 0.480. The lowest BCUT2D eigenvalue weighted by molar-refractivity contribution is 0.266. The Bertz CT molecular complexity index is 281. The van der Waals surface area contributed by atoms with E-state index in [1.165, 1.54) is 21.2 Å². The van der Waals surface area contributed by atoms with Gasteiger partial charge in [0.25, 0.3) is 0 Å². The summed E-state index contributed by atoms with van der Waals surface area (Å²) in [6.45, 7) is 13.6. The first kappa shape index (κ1) is 19.5. The van der Waals surface area contributed by atoms with Crippen LogP contribution in [0.2, 0.25) is 0 Å². The highest BCUT2D eigenvalue weighted by molar-refractivity contribution is 14.2. The highest BCUT2D eigenvalue weighted by Crippen LogP contribution is 2.26. The van der Waals surface area contributed by atoms with Crippen LogP contribution in [0.5, 0.6) is 0 Å². The molecule has 0 bridgehead atoms. The second-order valence-corrected chi connectivity index (χ2v) is 6.03. The molecule has 19 heavy (non-hydrogen) atoms. The van der Waals surface area contributed by atoms with Crippen LogP contribution >= 0.6 is 30.4 Å². The van der Waals surface area contributed by atoms with Crippen LogP contribution in [0.4, 0.5) is 0 Å². The summed E-state index contributed by atoms with van der Waals surface area (Å²) in [5.41, 5.74) is 1.41. The third kappa shape index (κ3) is 7.73. The molecule has 4 heteroatoms. The maximum atomic E-state index is 5.44. The summed E-state index contributed by atoms with van der Waals surface area (Å²) in [6.07, 6.45) is 7.78. The molecule has 0 aromatic rings. The zero-order valence-corrected chi connectivity index (χ0v) is 15.8. The molecule has 1 saturated heterocycles. The van der Waals surface area contributed by atoms with Crippen molar-refractivity contribution in [1.82, 2.24) is 4.90 Å². The average molecular weight is 397 g/mol. The van der Waals surface area contributed by atoms with Gasteiger partial charge in [0.15, 0.2) is 0 Å². The minimum Gasteiger partial charge on any atom is -0.305 e. The molecule has 2 nitrogen and oxygen atoms in total. The number of hydrogen-bond donors (Lipinski definition) is 0. The van der Waals surface area contributed by atoms with Crippen LogP contribution in [0.1, 0.15) is 41.0 Å². The zero-order chi connectivity index (χ0) is 14.7. The molecule has 2 unspecified atom stereocenters. The van der Waals surface area contributed by atoms with Gasteiger partial charge in [-0.2, -0.15) is 0 Å². The Kier molecular flexibility index (Phi) is 12.5. The Balaban J connectivity index is 0.00000154. The summed E-state index contributed by atoms with van der Waals surface area (Å²) >= 11 is 2.18. The van der Waals surface area contributed by atoms with Gasteiger partial charge in [-0.1, -0.05) is 32.1 Å². The fourth-order valence-electron chi connectivity index (χ4n) is 2.37. The van der Waals surface area contributed by atoms with E-state index in [9.17, 15) is 0 Å². The molecule has 0 aliphatic carbocycles. The van der Waals surface area contributed by atoms with Gasteiger partial charge in [-0.25, -0.2) is 0 Å². The highest BCUT2D eigenvalue weighted by Gasteiger charge is 2.29. The van der Waals surface area contributed by atoms with Crippen LogP contribution in [0.25, 0.3) is 0 Å². The molecule has 1 heterocycles. The third-order valence-corrected chi connectivity index (χ3v) is 4.26. The molecule has 0 spiro atoms. The molecule has 0 saturated carbocycles. The summed E-state index contributed by atoms with van der Waals surface area (Å²) in [4.78, 5) is 2.56. The van der Waals surface area contributed by atoms with Crippen molar-refractivity contribution in [3.63, 3.8) is 0 Å². The van der Waals surface area contributed by atoms with Gasteiger partial charge in [0, 0.05) is 40.3 Å². The molecule has 0 radical (unpaired) electrons. The van der Waals surface area contributed by atoms with Crippen LogP contribution in [0.3, 0.4) is 0 Å². The molecular formula is C15H28INOS. The Morgan fingerprint density at radius 1 is 1.42 bits per heavy atom. The van der Waals surface area contributed by atoms with Gasteiger partial charge in [-0.3, -0.25) is 4.90 Å². The topological polar surface area (TPSA) is 12.5 Å². The molecule has 0 aromatic carbocycles. The summed E-state index contributed by atoms with van der Waals surface area (Å²) in [5.74, 6) is 0.691. The van der Waals surface area contributed by atoms with Gasteiger partial charge in [-0.15, -0.1) is 0 Å². The van der Waals surface area contributed by atoms with Crippen LogP contribution in [0.15, 0.2) is 23.8 Å². The van der Waals surface area contributed by atoms with Gasteiger partial charge in [0.05, 0.1) is 15.8 Å². The van der Waals surface area contributed by atoms with Crippen LogP contribution < -0.4 is 0 Å². The van der Waals surface area contributed by atoms with E-state index in [4.69, 9.17) is 4.18 Å². The lowest BCUT2D eigenvalue weighted by Crippen LogP contribution is -2.29. The quantitative estimate of drug-likeness (QED) is 0.345. The van der Waals surface area contributed by atoms with Crippen molar-refractivity contribution in [2.24, 2.45) is 5.92 Å². The fraction of sp³-hybridized carbons (Fsp3) is 0.733. The SMILES string of the molecule is C/C=C\C(=C/C)CN1CC(COSI)CC1C.CC. The normalized spacial score (nSPS) is 24.6. The molecule has 1 aliphatic rings. The second kappa shape index (κ2) is 12.2. The van der Waals surface area contributed by atoms with Crippen LogP contribution in [0, 0.1) is 5.92 Å². The predicted octanol–water partition coefficient (Wildman–Crippen LogP) is 5.26.